The standard InChI is InChI=1S/C13H15N3O2S/c1-19(17,18)11-6-2-9(3-7-11)12-8-13(16-15-12)14-10-4-5-10/h2-3,6-8,10H,4-5H2,1H3,(H2,14,15,16). The predicted molar refractivity (Wildman–Crippen MR) is 73.8 cm³/mol. The molecule has 19 heavy (non-hydrogen) atoms. The first kappa shape index (κ1) is 12.2. The molecule has 1 aliphatic carbocycles. The maximum atomic E-state index is 11.4. The zero-order valence-corrected chi connectivity index (χ0v) is 11.4. The fourth-order valence-corrected chi connectivity index (χ4v) is 2.49. The third-order valence-corrected chi connectivity index (χ3v) is 4.23. The summed E-state index contributed by atoms with van der Waals surface area (Å²) in [5.74, 6) is 0.838. The summed E-state index contributed by atoms with van der Waals surface area (Å²) in [6.45, 7) is 0. The molecule has 1 aromatic carbocycles. The Labute approximate surface area is 112 Å². The molecule has 5 nitrogen and oxygen atoms in total. The minimum Gasteiger partial charge on any atom is -0.366 e. The van der Waals surface area contributed by atoms with Crippen molar-refractivity contribution in [3.05, 3.63) is 30.3 Å². The van der Waals surface area contributed by atoms with Crippen molar-refractivity contribution in [2.75, 3.05) is 11.6 Å². The Kier molecular flexibility index (Phi) is 2.82. The van der Waals surface area contributed by atoms with E-state index in [9.17, 15) is 8.42 Å². The molecular formula is C13H15N3O2S. The minimum atomic E-state index is -3.14. The summed E-state index contributed by atoms with van der Waals surface area (Å²) in [6.07, 6.45) is 3.60. The van der Waals surface area contributed by atoms with E-state index in [0.717, 1.165) is 17.1 Å². The molecule has 0 aliphatic heterocycles. The lowest BCUT2D eigenvalue weighted by atomic mass is 10.1. The average molecular weight is 277 g/mol. The first-order valence-corrected chi connectivity index (χ1v) is 8.04. The zero-order chi connectivity index (χ0) is 13.5. The molecule has 100 valence electrons. The molecule has 0 amide bonds. The number of H-pyrrole nitrogens is 1. The number of hydrogen-bond donors (Lipinski definition) is 2. The molecule has 1 aromatic heterocycles. The SMILES string of the molecule is CS(=O)(=O)c1ccc(-c2cc(NC3CC3)n[nH]2)cc1. The van der Waals surface area contributed by atoms with Crippen molar-refractivity contribution in [1.82, 2.24) is 10.2 Å². The maximum Gasteiger partial charge on any atom is 0.175 e. The van der Waals surface area contributed by atoms with Gasteiger partial charge in [-0.05, 0) is 30.5 Å². The smallest absolute Gasteiger partial charge is 0.175 e. The van der Waals surface area contributed by atoms with Crippen LogP contribution in [0.15, 0.2) is 35.2 Å². The third-order valence-electron chi connectivity index (χ3n) is 3.10. The molecule has 6 heteroatoms. The highest BCUT2D eigenvalue weighted by Crippen LogP contribution is 2.26. The van der Waals surface area contributed by atoms with Crippen molar-refractivity contribution in [1.29, 1.82) is 0 Å². The molecule has 2 N–H and O–H groups in total. The van der Waals surface area contributed by atoms with Crippen LogP contribution >= 0.6 is 0 Å². The van der Waals surface area contributed by atoms with E-state index in [1.54, 1.807) is 24.3 Å². The molecule has 1 aliphatic rings. The van der Waals surface area contributed by atoms with Crippen LogP contribution in [0.25, 0.3) is 11.3 Å². The summed E-state index contributed by atoms with van der Waals surface area (Å²) < 4.78 is 22.8. The van der Waals surface area contributed by atoms with Gasteiger partial charge in [-0.1, -0.05) is 12.1 Å². The second-order valence-electron chi connectivity index (χ2n) is 4.88. The number of rotatable bonds is 4. The predicted octanol–water partition coefficient (Wildman–Crippen LogP) is 2.05. The zero-order valence-electron chi connectivity index (χ0n) is 10.6. The molecule has 3 rings (SSSR count). The van der Waals surface area contributed by atoms with Crippen LogP contribution < -0.4 is 5.32 Å². The lowest BCUT2D eigenvalue weighted by molar-refractivity contribution is 0.602. The summed E-state index contributed by atoms with van der Waals surface area (Å²) in [7, 11) is -3.14. The molecular weight excluding hydrogens is 262 g/mol. The van der Waals surface area contributed by atoms with Crippen molar-refractivity contribution >= 4 is 15.7 Å². The molecule has 0 bridgehead atoms. The number of aromatic nitrogens is 2. The molecule has 1 heterocycles. The number of nitrogens with zero attached hydrogens (tertiary/aromatic N) is 1. The van der Waals surface area contributed by atoms with E-state index in [4.69, 9.17) is 0 Å². The van der Waals surface area contributed by atoms with Crippen LogP contribution in [0.5, 0.6) is 0 Å². The highest BCUT2D eigenvalue weighted by molar-refractivity contribution is 7.90. The molecule has 0 atom stereocenters. The molecule has 0 radical (unpaired) electrons. The fraction of sp³-hybridized carbons (Fsp3) is 0.308. The summed E-state index contributed by atoms with van der Waals surface area (Å²) in [6, 6.07) is 9.28. The molecule has 0 spiro atoms. The van der Waals surface area contributed by atoms with Gasteiger partial charge in [0.15, 0.2) is 9.84 Å². The number of anilines is 1. The normalized spacial score (nSPS) is 15.4. The van der Waals surface area contributed by atoms with E-state index >= 15 is 0 Å². The lowest BCUT2D eigenvalue weighted by Crippen LogP contribution is -2.00. The number of aromatic amines is 1. The van der Waals surface area contributed by atoms with Crippen molar-refractivity contribution in [2.24, 2.45) is 0 Å². The topological polar surface area (TPSA) is 74.8 Å². The maximum absolute atomic E-state index is 11.4. The highest BCUT2D eigenvalue weighted by atomic mass is 32.2. The monoisotopic (exact) mass is 277 g/mol. The number of sulfone groups is 1. The Bertz CT molecular complexity index is 685. The van der Waals surface area contributed by atoms with E-state index in [1.807, 2.05) is 6.07 Å². The Hall–Kier alpha value is -1.82. The quantitative estimate of drug-likeness (QED) is 0.897. The molecule has 1 saturated carbocycles. The van der Waals surface area contributed by atoms with E-state index in [2.05, 4.69) is 15.5 Å². The van der Waals surface area contributed by atoms with Crippen LogP contribution in [-0.2, 0) is 9.84 Å². The minimum absolute atomic E-state index is 0.326. The van der Waals surface area contributed by atoms with Gasteiger partial charge in [0.2, 0.25) is 0 Å². The van der Waals surface area contributed by atoms with Crippen LogP contribution in [-0.4, -0.2) is 30.9 Å². The van der Waals surface area contributed by atoms with Crippen molar-refractivity contribution in [3.63, 3.8) is 0 Å². The molecule has 0 saturated heterocycles. The van der Waals surface area contributed by atoms with E-state index < -0.39 is 9.84 Å². The van der Waals surface area contributed by atoms with Crippen molar-refractivity contribution < 1.29 is 8.42 Å². The number of nitrogens with one attached hydrogen (secondary N) is 2. The highest BCUT2D eigenvalue weighted by Gasteiger charge is 2.21. The van der Waals surface area contributed by atoms with Gasteiger partial charge in [0, 0.05) is 18.4 Å². The Morgan fingerprint density at radius 2 is 1.95 bits per heavy atom. The first-order chi connectivity index (χ1) is 9.02. The van der Waals surface area contributed by atoms with E-state index in [0.29, 0.717) is 10.9 Å². The second kappa shape index (κ2) is 4.38. The second-order valence-corrected chi connectivity index (χ2v) is 6.90. The van der Waals surface area contributed by atoms with Crippen LogP contribution in [0.1, 0.15) is 12.8 Å². The molecule has 2 aromatic rings. The Morgan fingerprint density at radius 3 is 2.53 bits per heavy atom. The Morgan fingerprint density at radius 1 is 1.26 bits per heavy atom. The van der Waals surface area contributed by atoms with Gasteiger partial charge in [-0.15, -0.1) is 0 Å². The van der Waals surface area contributed by atoms with Gasteiger partial charge in [0.1, 0.15) is 5.82 Å². The van der Waals surface area contributed by atoms with E-state index in [1.165, 1.54) is 19.1 Å². The molecule has 0 unspecified atom stereocenters. The van der Waals surface area contributed by atoms with Crippen LogP contribution in [0.4, 0.5) is 5.82 Å². The fourth-order valence-electron chi connectivity index (χ4n) is 1.86. The van der Waals surface area contributed by atoms with Gasteiger partial charge in [-0.2, -0.15) is 5.10 Å². The summed E-state index contributed by atoms with van der Waals surface area (Å²) in [5, 5.41) is 10.4. The number of hydrogen-bond acceptors (Lipinski definition) is 4. The van der Waals surface area contributed by atoms with Gasteiger partial charge in [0.25, 0.3) is 0 Å². The third kappa shape index (κ3) is 2.78. The van der Waals surface area contributed by atoms with Crippen molar-refractivity contribution in [2.45, 2.75) is 23.8 Å². The summed E-state index contributed by atoms with van der Waals surface area (Å²) >= 11 is 0. The Balaban J connectivity index is 1.83. The largest absolute Gasteiger partial charge is 0.366 e. The molecule has 1 fully saturated rings. The van der Waals surface area contributed by atoms with E-state index in [-0.39, 0.29) is 0 Å². The van der Waals surface area contributed by atoms with Crippen LogP contribution in [0.2, 0.25) is 0 Å². The lowest BCUT2D eigenvalue weighted by Gasteiger charge is -2.00. The summed E-state index contributed by atoms with van der Waals surface area (Å²) in [4.78, 5) is 0.326. The van der Waals surface area contributed by atoms with Gasteiger partial charge in [-0.25, -0.2) is 8.42 Å². The van der Waals surface area contributed by atoms with Gasteiger partial charge in [0.05, 0.1) is 10.6 Å². The van der Waals surface area contributed by atoms with Crippen LogP contribution in [0, 0.1) is 0 Å². The first-order valence-electron chi connectivity index (χ1n) is 6.15. The van der Waals surface area contributed by atoms with Crippen LogP contribution in [0.3, 0.4) is 0 Å². The van der Waals surface area contributed by atoms with Gasteiger partial charge >= 0.3 is 0 Å². The number of benzene rings is 1. The average Bonchev–Trinajstić information content (AvgIpc) is 3.04. The van der Waals surface area contributed by atoms with Crippen molar-refractivity contribution in [3.8, 4) is 11.3 Å². The summed E-state index contributed by atoms with van der Waals surface area (Å²) in [5.41, 5.74) is 1.80. The van der Waals surface area contributed by atoms with Gasteiger partial charge in [-0.3, -0.25) is 5.10 Å². The van der Waals surface area contributed by atoms with Gasteiger partial charge < -0.3 is 5.32 Å².